The molecule has 0 atom stereocenters. The molecule has 33 heavy (non-hydrogen) atoms. The molecule has 0 spiro atoms. The standard InChI is InChI=1S/C23H24FN5O3S/c1-14(2)19-10-17(24)11-20(16-5-7-26-18(9-16)13-25)21(19)12-22(30)28-33(31,32)23-6-8-29(27-23)15(3)4/h5-11,14-15H,12H2,1-4H3,(H,28,30). The monoisotopic (exact) mass is 469 g/mol. The van der Waals surface area contributed by atoms with E-state index in [1.807, 2.05) is 33.8 Å². The van der Waals surface area contributed by atoms with Crippen LogP contribution in [0, 0.1) is 17.1 Å². The molecule has 3 aromatic rings. The van der Waals surface area contributed by atoms with Crippen LogP contribution in [-0.2, 0) is 21.2 Å². The fourth-order valence-corrected chi connectivity index (χ4v) is 4.36. The molecule has 0 aliphatic carbocycles. The number of aromatic nitrogens is 3. The van der Waals surface area contributed by atoms with Gasteiger partial charge in [0.2, 0.25) is 5.91 Å². The maximum atomic E-state index is 14.4. The number of nitriles is 1. The van der Waals surface area contributed by atoms with Crippen molar-refractivity contribution in [3.8, 4) is 17.2 Å². The van der Waals surface area contributed by atoms with Crippen molar-refractivity contribution >= 4 is 15.9 Å². The van der Waals surface area contributed by atoms with Crippen molar-refractivity contribution in [2.24, 2.45) is 0 Å². The van der Waals surface area contributed by atoms with Crippen LogP contribution in [0.2, 0.25) is 0 Å². The van der Waals surface area contributed by atoms with Gasteiger partial charge in [0.05, 0.1) is 6.42 Å². The predicted molar refractivity (Wildman–Crippen MR) is 120 cm³/mol. The highest BCUT2D eigenvalue weighted by Crippen LogP contribution is 2.32. The first-order valence-electron chi connectivity index (χ1n) is 10.3. The topological polar surface area (TPSA) is 118 Å². The van der Waals surface area contributed by atoms with Crippen LogP contribution in [0.5, 0.6) is 0 Å². The van der Waals surface area contributed by atoms with E-state index in [0.717, 1.165) is 0 Å². The Hall–Kier alpha value is -3.58. The third-order valence-corrected chi connectivity index (χ3v) is 6.30. The second-order valence-electron chi connectivity index (χ2n) is 8.15. The molecule has 3 rings (SSSR count). The van der Waals surface area contributed by atoms with Crippen molar-refractivity contribution in [3.05, 3.63) is 65.4 Å². The molecule has 1 amide bonds. The predicted octanol–water partition coefficient (Wildman–Crippen LogP) is 3.71. The van der Waals surface area contributed by atoms with E-state index in [0.29, 0.717) is 22.3 Å². The summed E-state index contributed by atoms with van der Waals surface area (Å²) in [4.78, 5) is 16.8. The Morgan fingerprint density at radius 3 is 2.55 bits per heavy atom. The lowest BCUT2D eigenvalue weighted by Crippen LogP contribution is -2.32. The third-order valence-electron chi connectivity index (χ3n) is 5.03. The fraction of sp³-hybridized carbons (Fsp3) is 0.304. The van der Waals surface area contributed by atoms with Gasteiger partial charge in [0.25, 0.3) is 10.0 Å². The highest BCUT2D eigenvalue weighted by Gasteiger charge is 2.24. The summed E-state index contributed by atoms with van der Waals surface area (Å²) >= 11 is 0. The van der Waals surface area contributed by atoms with Gasteiger partial charge in [0, 0.05) is 18.4 Å². The Kier molecular flexibility index (Phi) is 6.93. The van der Waals surface area contributed by atoms with Crippen LogP contribution >= 0.6 is 0 Å². The summed E-state index contributed by atoms with van der Waals surface area (Å²) in [5.74, 6) is -1.42. The number of carbonyl (C=O) groups is 1. The Labute approximate surface area is 192 Å². The molecule has 2 heterocycles. The zero-order chi connectivity index (χ0) is 24.3. The van der Waals surface area contributed by atoms with Gasteiger partial charge in [-0.15, -0.1) is 0 Å². The summed E-state index contributed by atoms with van der Waals surface area (Å²) in [6.45, 7) is 7.40. The first-order valence-corrected chi connectivity index (χ1v) is 11.8. The molecule has 0 fully saturated rings. The van der Waals surface area contributed by atoms with Gasteiger partial charge in [-0.2, -0.15) is 18.8 Å². The number of carbonyl (C=O) groups excluding carboxylic acids is 1. The number of nitrogens with one attached hydrogen (secondary N) is 1. The van der Waals surface area contributed by atoms with Crippen molar-refractivity contribution < 1.29 is 17.6 Å². The number of halogens is 1. The van der Waals surface area contributed by atoms with Gasteiger partial charge >= 0.3 is 0 Å². The molecule has 2 aromatic heterocycles. The van der Waals surface area contributed by atoms with Gasteiger partial charge in [-0.05, 0) is 72.4 Å². The van der Waals surface area contributed by atoms with E-state index < -0.39 is 21.7 Å². The summed E-state index contributed by atoms with van der Waals surface area (Å²) in [6, 6.07) is 8.92. The minimum Gasteiger partial charge on any atom is -0.274 e. The lowest BCUT2D eigenvalue weighted by Gasteiger charge is -2.18. The number of hydrogen-bond donors (Lipinski definition) is 1. The molecule has 8 nitrogen and oxygen atoms in total. The SMILES string of the molecule is CC(C)c1cc(F)cc(-c2ccnc(C#N)c2)c1CC(=O)NS(=O)(=O)c1ccn(C(C)C)n1. The van der Waals surface area contributed by atoms with Crippen LogP contribution in [0.25, 0.3) is 11.1 Å². The Morgan fingerprint density at radius 2 is 1.94 bits per heavy atom. The molecule has 10 heteroatoms. The lowest BCUT2D eigenvalue weighted by molar-refractivity contribution is -0.118. The van der Waals surface area contributed by atoms with Gasteiger partial charge in [0.1, 0.15) is 17.6 Å². The van der Waals surface area contributed by atoms with Crippen LogP contribution in [0.1, 0.15) is 56.5 Å². The van der Waals surface area contributed by atoms with Gasteiger partial charge < -0.3 is 0 Å². The zero-order valence-corrected chi connectivity index (χ0v) is 19.5. The Bertz CT molecular complexity index is 1340. The number of amides is 1. The summed E-state index contributed by atoms with van der Waals surface area (Å²) < 4.78 is 43.3. The van der Waals surface area contributed by atoms with Crippen LogP contribution in [-0.4, -0.2) is 29.1 Å². The molecule has 0 radical (unpaired) electrons. The molecule has 0 saturated carbocycles. The average Bonchev–Trinajstić information content (AvgIpc) is 3.26. The molecule has 0 aliphatic rings. The van der Waals surface area contributed by atoms with Crippen molar-refractivity contribution in [2.75, 3.05) is 0 Å². The number of pyridine rings is 1. The highest BCUT2D eigenvalue weighted by molar-refractivity contribution is 7.90. The van der Waals surface area contributed by atoms with Gasteiger partial charge in [-0.25, -0.2) is 14.1 Å². The minimum atomic E-state index is -4.18. The van der Waals surface area contributed by atoms with Crippen molar-refractivity contribution in [2.45, 2.75) is 51.1 Å². The van der Waals surface area contributed by atoms with Gasteiger partial charge in [-0.3, -0.25) is 9.48 Å². The second-order valence-corrected chi connectivity index (χ2v) is 9.78. The molecule has 0 saturated heterocycles. The molecular formula is C23H24FN5O3S. The van der Waals surface area contributed by atoms with Crippen molar-refractivity contribution in [1.29, 1.82) is 5.26 Å². The van der Waals surface area contributed by atoms with E-state index in [1.165, 1.54) is 41.3 Å². The van der Waals surface area contributed by atoms with E-state index in [-0.39, 0.29) is 29.1 Å². The van der Waals surface area contributed by atoms with Crippen molar-refractivity contribution in [3.63, 3.8) is 0 Å². The number of sulfonamides is 1. The van der Waals surface area contributed by atoms with Gasteiger partial charge in [0.15, 0.2) is 5.03 Å². The lowest BCUT2D eigenvalue weighted by atomic mass is 9.88. The maximum absolute atomic E-state index is 14.4. The van der Waals surface area contributed by atoms with E-state index in [1.54, 1.807) is 6.07 Å². The summed E-state index contributed by atoms with van der Waals surface area (Å²) in [7, 11) is -4.18. The van der Waals surface area contributed by atoms with Crippen molar-refractivity contribution in [1.82, 2.24) is 19.5 Å². The van der Waals surface area contributed by atoms with E-state index in [9.17, 15) is 17.6 Å². The summed E-state index contributed by atoms with van der Waals surface area (Å²) in [6.07, 6.45) is 2.64. The first-order chi connectivity index (χ1) is 15.5. The third kappa shape index (κ3) is 5.43. The van der Waals surface area contributed by atoms with Gasteiger partial charge in [-0.1, -0.05) is 13.8 Å². The van der Waals surface area contributed by atoms with Crippen LogP contribution in [0.4, 0.5) is 4.39 Å². The van der Waals surface area contributed by atoms with E-state index in [2.05, 4.69) is 14.8 Å². The Morgan fingerprint density at radius 1 is 1.21 bits per heavy atom. The smallest absolute Gasteiger partial charge is 0.274 e. The van der Waals surface area contributed by atoms with E-state index >= 15 is 0 Å². The number of rotatable bonds is 7. The molecule has 1 N–H and O–H groups in total. The normalized spacial score (nSPS) is 11.6. The number of nitrogens with zero attached hydrogens (tertiary/aromatic N) is 4. The van der Waals surface area contributed by atoms with Crippen LogP contribution in [0.15, 0.2) is 47.8 Å². The van der Waals surface area contributed by atoms with Crippen LogP contribution < -0.4 is 4.72 Å². The fourth-order valence-electron chi connectivity index (χ4n) is 3.44. The first kappa shape index (κ1) is 24.1. The number of hydrogen-bond acceptors (Lipinski definition) is 6. The minimum absolute atomic E-state index is 0.0429. The highest BCUT2D eigenvalue weighted by atomic mass is 32.2. The molecule has 0 aliphatic heterocycles. The average molecular weight is 470 g/mol. The summed E-state index contributed by atoms with van der Waals surface area (Å²) in [5.41, 5.74) is 2.08. The molecular weight excluding hydrogens is 445 g/mol. The zero-order valence-electron chi connectivity index (χ0n) is 18.7. The molecule has 172 valence electrons. The second kappa shape index (κ2) is 9.50. The molecule has 1 aromatic carbocycles. The Balaban J connectivity index is 1.99. The van der Waals surface area contributed by atoms with E-state index in [4.69, 9.17) is 5.26 Å². The van der Waals surface area contributed by atoms with Crippen LogP contribution in [0.3, 0.4) is 0 Å². The maximum Gasteiger partial charge on any atom is 0.283 e. The molecule has 0 bridgehead atoms. The number of benzene rings is 1. The molecule has 0 unspecified atom stereocenters. The summed E-state index contributed by atoms with van der Waals surface area (Å²) in [5, 5.41) is 12.9. The largest absolute Gasteiger partial charge is 0.283 e. The quantitative estimate of drug-likeness (QED) is 0.564.